The van der Waals surface area contributed by atoms with Gasteiger partial charge in [0.05, 0.1) is 12.4 Å². The molecule has 82 valence electrons. The molecule has 1 atom stereocenters. The number of nitrogens with zero attached hydrogens (tertiary/aromatic N) is 3. The number of aliphatic hydroxyl groups excluding tert-OH is 1. The van der Waals surface area contributed by atoms with E-state index < -0.39 is 0 Å². The molecule has 1 aliphatic rings. The van der Waals surface area contributed by atoms with Gasteiger partial charge in [0.1, 0.15) is 11.6 Å². The molecule has 0 aromatic carbocycles. The maximum absolute atomic E-state index is 9.12. The van der Waals surface area contributed by atoms with Gasteiger partial charge >= 0.3 is 0 Å². The van der Waals surface area contributed by atoms with Crippen LogP contribution in [0.2, 0.25) is 0 Å². The minimum absolute atomic E-state index is 0.249. The van der Waals surface area contributed by atoms with Crippen molar-refractivity contribution >= 4 is 11.6 Å². The van der Waals surface area contributed by atoms with Gasteiger partial charge in [0.15, 0.2) is 0 Å². The van der Waals surface area contributed by atoms with Gasteiger partial charge in [-0.15, -0.1) is 0 Å². The molecule has 1 aromatic heterocycles. The monoisotopic (exact) mass is 208 g/mol. The third-order valence-electron chi connectivity index (χ3n) is 2.76. The quantitative estimate of drug-likeness (QED) is 0.729. The van der Waals surface area contributed by atoms with E-state index in [4.69, 9.17) is 10.8 Å². The highest BCUT2D eigenvalue weighted by Crippen LogP contribution is 2.20. The van der Waals surface area contributed by atoms with Gasteiger partial charge in [-0.05, 0) is 18.8 Å². The van der Waals surface area contributed by atoms with E-state index >= 15 is 0 Å². The van der Waals surface area contributed by atoms with Crippen molar-refractivity contribution in [3.63, 3.8) is 0 Å². The van der Waals surface area contributed by atoms with Crippen LogP contribution in [0.4, 0.5) is 11.6 Å². The predicted molar refractivity (Wildman–Crippen MR) is 58.5 cm³/mol. The van der Waals surface area contributed by atoms with Crippen LogP contribution in [-0.4, -0.2) is 34.8 Å². The number of aromatic nitrogens is 2. The van der Waals surface area contributed by atoms with E-state index in [-0.39, 0.29) is 6.61 Å². The van der Waals surface area contributed by atoms with Crippen molar-refractivity contribution < 1.29 is 5.11 Å². The summed E-state index contributed by atoms with van der Waals surface area (Å²) in [6.07, 6.45) is 5.44. The van der Waals surface area contributed by atoms with Crippen LogP contribution in [0, 0.1) is 5.92 Å². The summed E-state index contributed by atoms with van der Waals surface area (Å²) in [6.45, 7) is 2.09. The summed E-state index contributed by atoms with van der Waals surface area (Å²) in [6, 6.07) is 0. The average Bonchev–Trinajstić information content (AvgIpc) is 2.30. The van der Waals surface area contributed by atoms with E-state index in [1.165, 1.54) is 0 Å². The second kappa shape index (κ2) is 4.44. The van der Waals surface area contributed by atoms with Gasteiger partial charge in [-0.1, -0.05) is 0 Å². The van der Waals surface area contributed by atoms with Crippen molar-refractivity contribution in [1.29, 1.82) is 0 Å². The Hall–Kier alpha value is -1.36. The van der Waals surface area contributed by atoms with Gasteiger partial charge < -0.3 is 15.7 Å². The largest absolute Gasteiger partial charge is 0.396 e. The first-order chi connectivity index (χ1) is 7.29. The smallest absolute Gasteiger partial charge is 0.147 e. The molecule has 1 aliphatic heterocycles. The van der Waals surface area contributed by atoms with Gasteiger partial charge in [-0.3, -0.25) is 0 Å². The lowest BCUT2D eigenvalue weighted by molar-refractivity contribution is 0.208. The Morgan fingerprint density at radius 2 is 2.33 bits per heavy atom. The lowest BCUT2D eigenvalue weighted by atomic mass is 9.99. The molecule has 1 aromatic rings. The van der Waals surface area contributed by atoms with Crippen LogP contribution in [0.5, 0.6) is 0 Å². The van der Waals surface area contributed by atoms with Crippen molar-refractivity contribution in [2.24, 2.45) is 5.92 Å². The Morgan fingerprint density at radius 3 is 3.00 bits per heavy atom. The summed E-state index contributed by atoms with van der Waals surface area (Å²) >= 11 is 0. The Kier molecular flexibility index (Phi) is 3.01. The second-order valence-corrected chi connectivity index (χ2v) is 3.94. The fraction of sp³-hybridized carbons (Fsp3) is 0.600. The van der Waals surface area contributed by atoms with E-state index in [0.29, 0.717) is 11.7 Å². The van der Waals surface area contributed by atoms with Crippen LogP contribution < -0.4 is 10.6 Å². The first-order valence-electron chi connectivity index (χ1n) is 5.23. The second-order valence-electron chi connectivity index (χ2n) is 3.94. The standard InChI is InChI=1S/C10H16N4O/c11-9-4-13-10(5-12-9)14-3-1-2-8(6-14)7-15/h4-5,8,15H,1-3,6-7H2,(H2,11,12). The van der Waals surface area contributed by atoms with Crippen LogP contribution in [0.15, 0.2) is 12.4 Å². The van der Waals surface area contributed by atoms with Crippen LogP contribution >= 0.6 is 0 Å². The number of hydrogen-bond acceptors (Lipinski definition) is 5. The van der Waals surface area contributed by atoms with Crippen molar-refractivity contribution in [2.75, 3.05) is 30.3 Å². The topological polar surface area (TPSA) is 75.3 Å². The highest BCUT2D eigenvalue weighted by Gasteiger charge is 2.20. The molecule has 0 saturated carbocycles. The summed E-state index contributed by atoms with van der Waals surface area (Å²) in [5.41, 5.74) is 5.48. The highest BCUT2D eigenvalue weighted by atomic mass is 16.3. The molecule has 2 heterocycles. The fourth-order valence-corrected chi connectivity index (χ4v) is 1.92. The van der Waals surface area contributed by atoms with Gasteiger partial charge in [-0.2, -0.15) is 0 Å². The number of nitrogens with two attached hydrogens (primary N) is 1. The van der Waals surface area contributed by atoms with E-state index in [2.05, 4.69) is 14.9 Å². The molecule has 0 spiro atoms. The molecule has 5 heteroatoms. The van der Waals surface area contributed by atoms with Gasteiger partial charge in [-0.25, -0.2) is 9.97 Å². The van der Waals surface area contributed by atoms with E-state index in [1.807, 2.05) is 0 Å². The summed E-state index contributed by atoms with van der Waals surface area (Å²) in [7, 11) is 0. The third-order valence-corrected chi connectivity index (χ3v) is 2.76. The Labute approximate surface area is 88.9 Å². The highest BCUT2D eigenvalue weighted by molar-refractivity contribution is 5.39. The average molecular weight is 208 g/mol. The number of rotatable bonds is 2. The van der Waals surface area contributed by atoms with Crippen molar-refractivity contribution in [1.82, 2.24) is 9.97 Å². The zero-order valence-electron chi connectivity index (χ0n) is 8.63. The molecule has 2 rings (SSSR count). The Bertz CT molecular complexity index is 314. The van der Waals surface area contributed by atoms with Crippen LogP contribution in [0.1, 0.15) is 12.8 Å². The maximum atomic E-state index is 9.12. The minimum atomic E-state index is 0.249. The number of aliphatic hydroxyl groups is 1. The molecule has 1 unspecified atom stereocenters. The Balaban J connectivity index is 2.06. The summed E-state index contributed by atoms with van der Waals surface area (Å²) in [5.74, 6) is 1.65. The first kappa shape index (κ1) is 10.2. The predicted octanol–water partition coefficient (Wildman–Crippen LogP) is 0.267. The molecule has 0 radical (unpaired) electrons. The molecular weight excluding hydrogens is 192 g/mol. The molecule has 0 bridgehead atoms. The van der Waals surface area contributed by atoms with Gasteiger partial charge in [0.2, 0.25) is 0 Å². The Morgan fingerprint density at radius 1 is 1.47 bits per heavy atom. The van der Waals surface area contributed by atoms with Crippen LogP contribution in [-0.2, 0) is 0 Å². The molecule has 1 saturated heterocycles. The van der Waals surface area contributed by atoms with Crippen molar-refractivity contribution in [2.45, 2.75) is 12.8 Å². The van der Waals surface area contributed by atoms with E-state index in [9.17, 15) is 0 Å². The van der Waals surface area contributed by atoms with Crippen molar-refractivity contribution in [3.8, 4) is 0 Å². The molecule has 5 nitrogen and oxygen atoms in total. The van der Waals surface area contributed by atoms with Crippen molar-refractivity contribution in [3.05, 3.63) is 12.4 Å². The van der Waals surface area contributed by atoms with Crippen LogP contribution in [0.25, 0.3) is 0 Å². The van der Waals surface area contributed by atoms with Crippen LogP contribution in [0.3, 0.4) is 0 Å². The number of anilines is 2. The zero-order chi connectivity index (χ0) is 10.7. The van der Waals surface area contributed by atoms with E-state index in [0.717, 1.165) is 31.7 Å². The normalized spacial score (nSPS) is 21.7. The number of hydrogen-bond donors (Lipinski definition) is 2. The third kappa shape index (κ3) is 2.36. The fourth-order valence-electron chi connectivity index (χ4n) is 1.92. The number of piperidine rings is 1. The summed E-state index contributed by atoms with van der Waals surface area (Å²) in [5, 5.41) is 9.12. The van der Waals surface area contributed by atoms with Gasteiger partial charge in [0.25, 0.3) is 0 Å². The molecule has 3 N–H and O–H groups in total. The molecule has 1 fully saturated rings. The molecule has 0 aliphatic carbocycles. The lowest BCUT2D eigenvalue weighted by Crippen LogP contribution is -2.37. The SMILES string of the molecule is Nc1cnc(N2CCCC(CO)C2)cn1. The first-order valence-corrected chi connectivity index (χ1v) is 5.23. The number of nitrogen functional groups attached to an aromatic ring is 1. The maximum Gasteiger partial charge on any atom is 0.147 e. The molecule has 0 amide bonds. The lowest BCUT2D eigenvalue weighted by Gasteiger charge is -2.32. The van der Waals surface area contributed by atoms with E-state index in [1.54, 1.807) is 12.4 Å². The minimum Gasteiger partial charge on any atom is -0.396 e. The zero-order valence-corrected chi connectivity index (χ0v) is 8.63. The summed E-state index contributed by atoms with van der Waals surface area (Å²) < 4.78 is 0. The van der Waals surface area contributed by atoms with Gasteiger partial charge in [0, 0.05) is 19.7 Å². The summed E-state index contributed by atoms with van der Waals surface area (Å²) in [4.78, 5) is 10.4. The molecular formula is C10H16N4O. The molecule has 15 heavy (non-hydrogen) atoms.